The molecule has 0 atom stereocenters. The monoisotopic (exact) mass is 760 g/mol. The molecule has 0 unspecified atom stereocenters. The van der Waals surface area contributed by atoms with Gasteiger partial charge in [0.25, 0.3) is 0 Å². The molecule has 3 aliphatic carbocycles. The van der Waals surface area contributed by atoms with Gasteiger partial charge in [-0.05, 0) is 172 Å². The average molecular weight is 761 g/mol. The quantitative estimate of drug-likeness (QED) is 0.170. The fourth-order valence-corrected chi connectivity index (χ4v) is 11.3. The number of rotatable bonds is 5. The van der Waals surface area contributed by atoms with E-state index in [0.29, 0.717) is 0 Å². The van der Waals surface area contributed by atoms with Crippen LogP contribution in [0.1, 0.15) is 72.9 Å². The Kier molecular flexibility index (Phi) is 7.83. The van der Waals surface area contributed by atoms with Crippen molar-refractivity contribution >= 4 is 49.6 Å². The van der Waals surface area contributed by atoms with Gasteiger partial charge < -0.3 is 9.47 Å². The van der Waals surface area contributed by atoms with Crippen LogP contribution in [0.3, 0.4) is 0 Å². The summed E-state index contributed by atoms with van der Waals surface area (Å²) in [6.45, 7) is 4.88. The van der Waals surface area contributed by atoms with E-state index in [1.165, 1.54) is 117 Å². The maximum atomic E-state index is 2.65. The second-order valence-electron chi connectivity index (χ2n) is 17.8. The molecule has 1 aromatic heterocycles. The Hall–Kier alpha value is -6.38. The topological polar surface area (TPSA) is 8.17 Å². The second kappa shape index (κ2) is 13.3. The van der Waals surface area contributed by atoms with E-state index in [1.807, 2.05) is 0 Å². The van der Waals surface area contributed by atoms with E-state index in [9.17, 15) is 0 Å². The van der Waals surface area contributed by atoms with Crippen molar-refractivity contribution in [3.05, 3.63) is 191 Å². The van der Waals surface area contributed by atoms with Crippen LogP contribution in [0, 0.1) is 0 Å². The Labute approximate surface area is 347 Å². The van der Waals surface area contributed by atoms with E-state index in [1.54, 1.807) is 22.3 Å². The van der Waals surface area contributed by atoms with E-state index in [0.717, 1.165) is 23.5 Å². The Bertz CT molecular complexity index is 3100. The van der Waals surface area contributed by atoms with Gasteiger partial charge in [0.15, 0.2) is 0 Å². The standard InChI is InChI=1S/C57H48N2/c1-57(2)52-27-12-9-26-49(52)56-51(50-33-39-18-5-6-21-44(39)45-22-7-8-23-46(45)50)35-43(36-53(56)57)58(42-31-30-37-16-3-4-17-38(37)32-42)40-19-15-20-41(34-40)59-54-28-13-10-24-47(54)48-25-11-14-29-55(48)59/h3-4,9-17,19-20,24-36H,5-8,18,21-23H2,1-2H3. The number of hydrogen-bond acceptors (Lipinski definition) is 1. The van der Waals surface area contributed by atoms with Crippen molar-refractivity contribution in [1.82, 2.24) is 4.57 Å². The molecule has 0 N–H and O–H groups in total. The molecule has 2 nitrogen and oxygen atoms in total. The molecule has 0 saturated carbocycles. The smallest absolute Gasteiger partial charge is 0.0541 e. The van der Waals surface area contributed by atoms with Crippen molar-refractivity contribution in [2.75, 3.05) is 4.90 Å². The molecule has 9 aromatic rings. The van der Waals surface area contributed by atoms with Gasteiger partial charge in [0.05, 0.1) is 11.0 Å². The number of fused-ring (bicyclic) bond motifs is 10. The molecular weight excluding hydrogens is 713 g/mol. The minimum absolute atomic E-state index is 0.162. The third-order valence-corrected chi connectivity index (χ3v) is 14.1. The van der Waals surface area contributed by atoms with Crippen molar-refractivity contribution in [1.29, 1.82) is 0 Å². The molecule has 3 aliphatic rings. The highest BCUT2D eigenvalue weighted by atomic mass is 15.1. The number of nitrogens with zero attached hydrogens (tertiary/aromatic N) is 2. The van der Waals surface area contributed by atoms with E-state index in [2.05, 4.69) is 181 Å². The van der Waals surface area contributed by atoms with Gasteiger partial charge in [-0.3, -0.25) is 0 Å². The summed E-state index contributed by atoms with van der Waals surface area (Å²) in [5.74, 6) is 0. The fourth-order valence-electron chi connectivity index (χ4n) is 11.3. The van der Waals surface area contributed by atoms with Crippen LogP contribution in [0.25, 0.3) is 60.5 Å². The largest absolute Gasteiger partial charge is 0.310 e. The third-order valence-electron chi connectivity index (χ3n) is 14.1. The summed E-state index contributed by atoms with van der Waals surface area (Å²) in [4.78, 5) is 2.54. The van der Waals surface area contributed by atoms with E-state index in [-0.39, 0.29) is 5.41 Å². The molecule has 0 radical (unpaired) electrons. The van der Waals surface area contributed by atoms with Gasteiger partial charge in [-0.25, -0.2) is 0 Å². The summed E-state index contributed by atoms with van der Waals surface area (Å²) in [7, 11) is 0. The van der Waals surface area contributed by atoms with Crippen molar-refractivity contribution in [3.8, 4) is 27.9 Å². The third kappa shape index (κ3) is 5.32. The average Bonchev–Trinajstić information content (AvgIpc) is 3.74. The first-order chi connectivity index (χ1) is 29.0. The Balaban J connectivity index is 1.15. The predicted octanol–water partition coefficient (Wildman–Crippen LogP) is 15.1. The normalized spacial score (nSPS) is 15.2. The highest BCUT2D eigenvalue weighted by Crippen LogP contribution is 2.56. The van der Waals surface area contributed by atoms with Crippen LogP contribution in [0.5, 0.6) is 0 Å². The second-order valence-corrected chi connectivity index (χ2v) is 17.8. The molecular formula is C57H48N2. The summed E-state index contributed by atoms with van der Waals surface area (Å²) in [5.41, 5.74) is 22.0. The minimum atomic E-state index is -0.162. The van der Waals surface area contributed by atoms with Gasteiger partial charge in [0, 0.05) is 38.9 Å². The number of para-hydroxylation sites is 2. The van der Waals surface area contributed by atoms with E-state index >= 15 is 0 Å². The van der Waals surface area contributed by atoms with Crippen LogP contribution in [-0.2, 0) is 31.1 Å². The molecule has 8 aromatic carbocycles. The van der Waals surface area contributed by atoms with Gasteiger partial charge in [-0.2, -0.15) is 0 Å². The van der Waals surface area contributed by atoms with Gasteiger partial charge in [0.2, 0.25) is 0 Å². The molecule has 0 spiro atoms. The summed E-state index contributed by atoms with van der Waals surface area (Å²) < 4.78 is 2.44. The lowest BCUT2D eigenvalue weighted by Gasteiger charge is -2.31. The van der Waals surface area contributed by atoms with Gasteiger partial charge in [0.1, 0.15) is 0 Å². The highest BCUT2D eigenvalue weighted by molar-refractivity contribution is 6.09. The molecule has 12 rings (SSSR count). The fraction of sp³-hybridized carbons (Fsp3) is 0.193. The summed E-state index contributed by atoms with van der Waals surface area (Å²) in [5, 5.41) is 5.05. The van der Waals surface area contributed by atoms with Crippen LogP contribution in [0.2, 0.25) is 0 Å². The van der Waals surface area contributed by atoms with Crippen molar-refractivity contribution < 1.29 is 0 Å². The van der Waals surface area contributed by atoms with Crippen molar-refractivity contribution in [3.63, 3.8) is 0 Å². The Morgan fingerprint density at radius 3 is 1.92 bits per heavy atom. The lowest BCUT2D eigenvalue weighted by Crippen LogP contribution is -2.17. The molecule has 0 saturated heterocycles. The van der Waals surface area contributed by atoms with Crippen LogP contribution in [-0.4, -0.2) is 4.57 Å². The zero-order chi connectivity index (χ0) is 39.2. The number of aryl methyl sites for hydroxylation is 1. The number of anilines is 3. The maximum Gasteiger partial charge on any atom is 0.0541 e. The van der Waals surface area contributed by atoms with Crippen LogP contribution in [0.15, 0.2) is 158 Å². The lowest BCUT2D eigenvalue weighted by molar-refractivity contribution is 0.641. The van der Waals surface area contributed by atoms with Crippen LogP contribution < -0.4 is 4.90 Å². The number of benzene rings is 8. The zero-order valence-electron chi connectivity index (χ0n) is 34.1. The summed E-state index contributed by atoms with van der Waals surface area (Å²) in [6.07, 6.45) is 9.99. The number of aromatic nitrogens is 1. The molecule has 1 heterocycles. The van der Waals surface area contributed by atoms with Gasteiger partial charge in [-0.1, -0.05) is 117 Å². The molecule has 286 valence electrons. The molecule has 59 heavy (non-hydrogen) atoms. The summed E-state index contributed by atoms with van der Waals surface area (Å²) in [6, 6.07) is 59.6. The summed E-state index contributed by atoms with van der Waals surface area (Å²) >= 11 is 0. The maximum absolute atomic E-state index is 2.65. The number of hydrogen-bond donors (Lipinski definition) is 0. The first kappa shape index (κ1) is 34.6. The zero-order valence-corrected chi connectivity index (χ0v) is 34.1. The van der Waals surface area contributed by atoms with E-state index in [4.69, 9.17) is 0 Å². The molecule has 0 fully saturated rings. The molecule has 0 amide bonds. The minimum Gasteiger partial charge on any atom is -0.310 e. The predicted molar refractivity (Wildman–Crippen MR) is 249 cm³/mol. The van der Waals surface area contributed by atoms with Crippen molar-refractivity contribution in [2.24, 2.45) is 0 Å². The molecule has 0 bridgehead atoms. The first-order valence-electron chi connectivity index (χ1n) is 21.9. The van der Waals surface area contributed by atoms with Crippen LogP contribution in [0.4, 0.5) is 17.1 Å². The first-order valence-corrected chi connectivity index (χ1v) is 21.9. The molecule has 2 heteroatoms. The Morgan fingerprint density at radius 2 is 1.10 bits per heavy atom. The molecule has 0 aliphatic heterocycles. The van der Waals surface area contributed by atoms with Crippen molar-refractivity contribution in [2.45, 2.75) is 70.6 Å². The lowest BCUT2D eigenvalue weighted by atomic mass is 9.75. The Morgan fingerprint density at radius 1 is 0.441 bits per heavy atom. The van der Waals surface area contributed by atoms with E-state index < -0.39 is 0 Å². The van der Waals surface area contributed by atoms with Gasteiger partial charge in [-0.15, -0.1) is 0 Å². The van der Waals surface area contributed by atoms with Gasteiger partial charge >= 0.3 is 0 Å². The van der Waals surface area contributed by atoms with Crippen LogP contribution >= 0.6 is 0 Å². The highest BCUT2D eigenvalue weighted by Gasteiger charge is 2.39. The SMILES string of the molecule is CC1(C)c2ccccc2-c2c(-c3cc4c(c5c3CCCC5)CCCC4)cc(N(c3cccc(-n4c5ccccc5c5ccccc54)c3)c3ccc4ccccc4c3)cc21.